The number of aliphatic carboxylic acids is 1. The minimum atomic E-state index is -0.711. The predicted molar refractivity (Wildman–Crippen MR) is 50.5 cm³/mol. The first kappa shape index (κ1) is 14.9. The molecule has 0 rings (SSSR count). The fourth-order valence-corrected chi connectivity index (χ4v) is 0.567. The highest BCUT2D eigenvalue weighted by atomic mass is 16.4. The van der Waals surface area contributed by atoms with Crippen LogP contribution in [-0.2, 0) is 4.79 Å². The molecule has 0 aliphatic carbocycles. The largest absolute Gasteiger partial charge is 0.481 e. The van der Waals surface area contributed by atoms with Gasteiger partial charge in [0.25, 0.3) is 0 Å². The quantitative estimate of drug-likeness (QED) is 0.607. The van der Waals surface area contributed by atoms with Crippen molar-refractivity contribution in [3.05, 3.63) is 0 Å². The molecule has 4 heteroatoms. The van der Waals surface area contributed by atoms with Crippen LogP contribution < -0.4 is 0 Å². The van der Waals surface area contributed by atoms with Crippen LogP contribution >= 0.6 is 0 Å². The number of carboxylic acid groups (broad SMARTS) is 1. The van der Waals surface area contributed by atoms with Gasteiger partial charge in [0.15, 0.2) is 0 Å². The van der Waals surface area contributed by atoms with Crippen molar-refractivity contribution in [2.45, 2.75) is 45.6 Å². The van der Waals surface area contributed by atoms with Gasteiger partial charge in [0.2, 0.25) is 0 Å². The van der Waals surface area contributed by atoms with Crippen LogP contribution in [0.15, 0.2) is 0 Å². The highest BCUT2D eigenvalue weighted by Crippen LogP contribution is 1.92. The van der Waals surface area contributed by atoms with Crippen molar-refractivity contribution < 1.29 is 20.1 Å². The van der Waals surface area contributed by atoms with Gasteiger partial charge in [-0.15, -0.1) is 0 Å². The summed E-state index contributed by atoms with van der Waals surface area (Å²) in [5.74, 6) is -0.711. The first-order chi connectivity index (χ1) is 6.08. The molecule has 0 aliphatic heterocycles. The number of rotatable bonds is 5. The predicted octanol–water partition coefficient (Wildman–Crippen LogP) is 1.01. The van der Waals surface area contributed by atoms with Crippen LogP contribution in [0.3, 0.4) is 0 Å². The summed E-state index contributed by atoms with van der Waals surface area (Å²) < 4.78 is 0. The van der Waals surface area contributed by atoms with E-state index in [1.165, 1.54) is 0 Å². The molecule has 0 aliphatic rings. The molecule has 80 valence electrons. The molecule has 0 bridgehead atoms. The van der Waals surface area contributed by atoms with Crippen LogP contribution in [0.5, 0.6) is 0 Å². The third kappa shape index (κ3) is 18.4. The van der Waals surface area contributed by atoms with Gasteiger partial charge in [0, 0.05) is 13.0 Å². The van der Waals surface area contributed by atoms with Gasteiger partial charge in [-0.25, -0.2) is 0 Å². The molecule has 0 fully saturated rings. The average Bonchev–Trinajstić information content (AvgIpc) is 2.05. The molecule has 1 atom stereocenters. The van der Waals surface area contributed by atoms with E-state index in [-0.39, 0.29) is 12.7 Å². The first-order valence-corrected chi connectivity index (χ1v) is 4.59. The van der Waals surface area contributed by atoms with Crippen molar-refractivity contribution in [1.82, 2.24) is 0 Å². The van der Waals surface area contributed by atoms with Gasteiger partial charge in [-0.2, -0.15) is 0 Å². The summed E-state index contributed by atoms with van der Waals surface area (Å²) >= 11 is 0. The standard InChI is InChI=1S/C5H12O2.C4H8O2/c1-2-5(7)3-4-6;1-2-3-4(5)6/h5-7H,2-4H2,1H3;2-3H2,1H3,(H,5,6). The van der Waals surface area contributed by atoms with Crippen molar-refractivity contribution in [2.24, 2.45) is 0 Å². The smallest absolute Gasteiger partial charge is 0.303 e. The lowest BCUT2D eigenvalue weighted by atomic mass is 10.2. The number of carboxylic acids is 1. The van der Waals surface area contributed by atoms with E-state index in [1.807, 2.05) is 13.8 Å². The first-order valence-electron chi connectivity index (χ1n) is 4.59. The molecule has 1 unspecified atom stereocenters. The minimum Gasteiger partial charge on any atom is -0.481 e. The van der Waals surface area contributed by atoms with Crippen molar-refractivity contribution in [3.8, 4) is 0 Å². The lowest BCUT2D eigenvalue weighted by Gasteiger charge is -2.01. The van der Waals surface area contributed by atoms with Gasteiger partial charge in [0.1, 0.15) is 0 Å². The van der Waals surface area contributed by atoms with Crippen LogP contribution in [0.2, 0.25) is 0 Å². The maximum absolute atomic E-state index is 9.60. The Morgan fingerprint density at radius 3 is 2.00 bits per heavy atom. The van der Waals surface area contributed by atoms with E-state index in [0.29, 0.717) is 12.8 Å². The average molecular weight is 192 g/mol. The van der Waals surface area contributed by atoms with Crippen molar-refractivity contribution in [2.75, 3.05) is 6.61 Å². The summed E-state index contributed by atoms with van der Waals surface area (Å²) in [7, 11) is 0. The highest BCUT2D eigenvalue weighted by Gasteiger charge is 1.95. The zero-order valence-electron chi connectivity index (χ0n) is 8.36. The van der Waals surface area contributed by atoms with Crippen molar-refractivity contribution in [3.63, 3.8) is 0 Å². The van der Waals surface area contributed by atoms with E-state index >= 15 is 0 Å². The van der Waals surface area contributed by atoms with E-state index in [4.69, 9.17) is 15.3 Å². The van der Waals surface area contributed by atoms with E-state index in [2.05, 4.69) is 0 Å². The molecular formula is C9H20O4. The Bertz CT molecular complexity index is 114. The van der Waals surface area contributed by atoms with Crippen LogP contribution in [0, 0.1) is 0 Å². The lowest BCUT2D eigenvalue weighted by Crippen LogP contribution is -2.05. The van der Waals surface area contributed by atoms with Crippen LogP contribution in [-0.4, -0.2) is 34.0 Å². The zero-order valence-corrected chi connectivity index (χ0v) is 8.36. The van der Waals surface area contributed by atoms with E-state index < -0.39 is 5.97 Å². The summed E-state index contributed by atoms with van der Waals surface area (Å²) in [4.78, 5) is 9.60. The van der Waals surface area contributed by atoms with Gasteiger partial charge < -0.3 is 15.3 Å². The van der Waals surface area contributed by atoms with E-state index in [0.717, 1.165) is 12.8 Å². The Kier molecular flexibility index (Phi) is 13.0. The van der Waals surface area contributed by atoms with E-state index in [1.54, 1.807) is 0 Å². The van der Waals surface area contributed by atoms with Crippen molar-refractivity contribution in [1.29, 1.82) is 0 Å². The third-order valence-electron chi connectivity index (χ3n) is 1.40. The molecular weight excluding hydrogens is 172 g/mol. The lowest BCUT2D eigenvalue weighted by molar-refractivity contribution is -0.137. The molecule has 0 heterocycles. The summed E-state index contributed by atoms with van der Waals surface area (Å²) in [5.41, 5.74) is 0. The molecule has 0 spiro atoms. The highest BCUT2D eigenvalue weighted by molar-refractivity contribution is 5.66. The normalized spacial score (nSPS) is 11.4. The van der Waals surface area contributed by atoms with Crippen LogP contribution in [0.1, 0.15) is 39.5 Å². The Hall–Kier alpha value is -0.610. The molecule has 4 nitrogen and oxygen atoms in total. The molecule has 13 heavy (non-hydrogen) atoms. The summed E-state index contributed by atoms with van der Waals surface area (Å²) in [6.07, 6.45) is 1.97. The Balaban J connectivity index is 0. The Morgan fingerprint density at radius 2 is 1.92 bits per heavy atom. The van der Waals surface area contributed by atoms with Crippen LogP contribution in [0.4, 0.5) is 0 Å². The number of carbonyl (C=O) groups is 1. The van der Waals surface area contributed by atoms with Gasteiger partial charge in [-0.1, -0.05) is 13.8 Å². The second-order valence-corrected chi connectivity index (χ2v) is 2.72. The zero-order chi connectivity index (χ0) is 10.7. The number of aliphatic hydroxyl groups excluding tert-OH is 2. The molecule has 0 radical (unpaired) electrons. The second kappa shape index (κ2) is 11.4. The fourth-order valence-electron chi connectivity index (χ4n) is 0.567. The summed E-state index contributed by atoms with van der Waals surface area (Å²) in [6, 6.07) is 0. The summed E-state index contributed by atoms with van der Waals surface area (Å²) in [5, 5.41) is 24.8. The fraction of sp³-hybridized carbons (Fsp3) is 0.889. The minimum absolute atomic E-state index is 0.0923. The van der Waals surface area contributed by atoms with Gasteiger partial charge in [-0.05, 0) is 19.3 Å². The van der Waals surface area contributed by atoms with Crippen molar-refractivity contribution >= 4 is 5.97 Å². The SMILES string of the molecule is CCC(O)CCO.CCCC(=O)O. The number of hydrogen-bond donors (Lipinski definition) is 3. The number of aliphatic hydroxyl groups is 2. The van der Waals surface area contributed by atoms with Gasteiger partial charge in [0.05, 0.1) is 6.10 Å². The molecule has 0 saturated heterocycles. The maximum atomic E-state index is 9.60. The van der Waals surface area contributed by atoms with Gasteiger partial charge >= 0.3 is 5.97 Å². The molecule has 0 saturated carbocycles. The molecule has 0 aromatic rings. The molecule has 0 aromatic carbocycles. The van der Waals surface area contributed by atoms with Crippen LogP contribution in [0.25, 0.3) is 0 Å². The Morgan fingerprint density at radius 1 is 1.38 bits per heavy atom. The monoisotopic (exact) mass is 192 g/mol. The number of hydrogen-bond acceptors (Lipinski definition) is 3. The second-order valence-electron chi connectivity index (χ2n) is 2.72. The maximum Gasteiger partial charge on any atom is 0.303 e. The molecule has 0 aromatic heterocycles. The Labute approximate surface area is 79.2 Å². The van der Waals surface area contributed by atoms with Gasteiger partial charge in [-0.3, -0.25) is 4.79 Å². The summed E-state index contributed by atoms with van der Waals surface area (Å²) in [6.45, 7) is 3.82. The van der Waals surface area contributed by atoms with E-state index in [9.17, 15) is 4.79 Å². The molecule has 3 N–H and O–H groups in total. The third-order valence-corrected chi connectivity index (χ3v) is 1.40. The molecule has 0 amide bonds. The topological polar surface area (TPSA) is 77.8 Å².